The summed E-state index contributed by atoms with van der Waals surface area (Å²) >= 11 is 6.08. The zero-order chi connectivity index (χ0) is 14.5. The SMILES string of the molecule is NC(=O)COCCc1cn(-c2cc(N)ccc2Cl)nn1. The van der Waals surface area contributed by atoms with Crippen LogP contribution in [0.3, 0.4) is 0 Å². The molecule has 0 unspecified atom stereocenters. The average molecular weight is 296 g/mol. The predicted octanol–water partition coefficient (Wildman–Crippen LogP) is 0.547. The lowest BCUT2D eigenvalue weighted by molar-refractivity contribution is -0.122. The lowest BCUT2D eigenvalue weighted by Gasteiger charge is -2.03. The molecule has 0 fully saturated rings. The fourth-order valence-corrected chi connectivity index (χ4v) is 1.79. The lowest BCUT2D eigenvalue weighted by atomic mass is 10.3. The van der Waals surface area contributed by atoms with Crippen molar-refractivity contribution in [2.24, 2.45) is 5.73 Å². The van der Waals surface area contributed by atoms with E-state index in [9.17, 15) is 4.79 Å². The summed E-state index contributed by atoms with van der Waals surface area (Å²) in [6, 6.07) is 5.12. The van der Waals surface area contributed by atoms with Gasteiger partial charge < -0.3 is 16.2 Å². The van der Waals surface area contributed by atoms with Gasteiger partial charge in [-0.1, -0.05) is 16.8 Å². The standard InChI is InChI=1S/C12H14ClN5O2/c13-10-2-1-8(14)5-11(10)18-6-9(16-17-18)3-4-20-7-12(15)19/h1-2,5-6H,3-4,7,14H2,(H2,15,19). The van der Waals surface area contributed by atoms with E-state index in [1.165, 1.54) is 0 Å². The molecule has 7 nitrogen and oxygen atoms in total. The van der Waals surface area contributed by atoms with Crippen molar-refractivity contribution in [3.05, 3.63) is 35.1 Å². The molecule has 8 heteroatoms. The Bertz CT molecular complexity index is 614. The number of nitrogen functional groups attached to an aromatic ring is 1. The number of nitrogens with two attached hydrogens (primary N) is 2. The van der Waals surface area contributed by atoms with Gasteiger partial charge in [0.25, 0.3) is 0 Å². The Morgan fingerprint density at radius 1 is 1.45 bits per heavy atom. The number of primary amides is 1. The Morgan fingerprint density at radius 3 is 3.00 bits per heavy atom. The second kappa shape index (κ2) is 6.36. The fraction of sp³-hybridized carbons (Fsp3) is 0.250. The zero-order valence-corrected chi connectivity index (χ0v) is 11.4. The first-order chi connectivity index (χ1) is 9.56. The quantitative estimate of drug-likeness (QED) is 0.597. The van der Waals surface area contributed by atoms with Crippen LogP contribution >= 0.6 is 11.6 Å². The van der Waals surface area contributed by atoms with Crippen LogP contribution in [-0.2, 0) is 16.0 Å². The van der Waals surface area contributed by atoms with Crippen molar-refractivity contribution in [1.29, 1.82) is 0 Å². The number of nitrogens with zero attached hydrogens (tertiary/aromatic N) is 3. The van der Waals surface area contributed by atoms with E-state index >= 15 is 0 Å². The van der Waals surface area contributed by atoms with Gasteiger partial charge in [0.2, 0.25) is 5.91 Å². The van der Waals surface area contributed by atoms with E-state index < -0.39 is 5.91 Å². The van der Waals surface area contributed by atoms with E-state index in [1.807, 2.05) is 0 Å². The van der Waals surface area contributed by atoms with E-state index in [4.69, 9.17) is 27.8 Å². The molecule has 0 aliphatic heterocycles. The molecule has 20 heavy (non-hydrogen) atoms. The van der Waals surface area contributed by atoms with Crippen LogP contribution in [0.15, 0.2) is 24.4 Å². The molecule has 0 atom stereocenters. The minimum Gasteiger partial charge on any atom is -0.399 e. The predicted molar refractivity (Wildman–Crippen MR) is 74.5 cm³/mol. The maximum absolute atomic E-state index is 10.5. The van der Waals surface area contributed by atoms with Crippen LogP contribution in [-0.4, -0.2) is 34.1 Å². The minimum absolute atomic E-state index is 0.102. The van der Waals surface area contributed by atoms with Gasteiger partial charge in [-0.15, -0.1) is 5.10 Å². The second-order valence-corrected chi connectivity index (χ2v) is 4.54. The van der Waals surface area contributed by atoms with Crippen LogP contribution < -0.4 is 11.5 Å². The number of ether oxygens (including phenoxy) is 1. The summed E-state index contributed by atoms with van der Waals surface area (Å²) in [5, 5.41) is 8.51. The highest BCUT2D eigenvalue weighted by molar-refractivity contribution is 6.32. The molecular formula is C12H14ClN5O2. The Morgan fingerprint density at radius 2 is 2.25 bits per heavy atom. The highest BCUT2D eigenvalue weighted by Crippen LogP contribution is 2.22. The van der Waals surface area contributed by atoms with Crippen molar-refractivity contribution in [2.75, 3.05) is 18.9 Å². The second-order valence-electron chi connectivity index (χ2n) is 4.13. The number of aromatic nitrogens is 3. The topological polar surface area (TPSA) is 109 Å². The van der Waals surface area contributed by atoms with Gasteiger partial charge in [-0.25, -0.2) is 4.68 Å². The van der Waals surface area contributed by atoms with Crippen molar-refractivity contribution in [2.45, 2.75) is 6.42 Å². The van der Waals surface area contributed by atoms with Gasteiger partial charge in [0.05, 0.1) is 29.2 Å². The molecular weight excluding hydrogens is 282 g/mol. The van der Waals surface area contributed by atoms with E-state index in [1.54, 1.807) is 29.1 Å². The number of carbonyl (C=O) groups is 1. The number of carbonyl (C=O) groups excluding carboxylic acids is 1. The van der Waals surface area contributed by atoms with Crippen molar-refractivity contribution < 1.29 is 9.53 Å². The number of rotatable bonds is 6. The highest BCUT2D eigenvalue weighted by atomic mass is 35.5. The van der Waals surface area contributed by atoms with E-state index in [0.717, 1.165) is 0 Å². The number of halogens is 1. The molecule has 2 rings (SSSR count). The van der Waals surface area contributed by atoms with Gasteiger partial charge in [-0.3, -0.25) is 4.79 Å². The number of hydrogen-bond donors (Lipinski definition) is 2. The van der Waals surface area contributed by atoms with Crippen molar-refractivity contribution in [3.8, 4) is 5.69 Å². The molecule has 0 spiro atoms. The first-order valence-electron chi connectivity index (χ1n) is 5.89. The van der Waals surface area contributed by atoms with Gasteiger partial charge in [0.1, 0.15) is 6.61 Å². The van der Waals surface area contributed by atoms with Crippen LogP contribution in [0, 0.1) is 0 Å². The van der Waals surface area contributed by atoms with E-state index in [-0.39, 0.29) is 6.61 Å². The van der Waals surface area contributed by atoms with Gasteiger partial charge >= 0.3 is 0 Å². The molecule has 0 aliphatic carbocycles. The van der Waals surface area contributed by atoms with E-state index in [0.29, 0.717) is 35.1 Å². The van der Waals surface area contributed by atoms with Crippen LogP contribution in [0.25, 0.3) is 5.69 Å². The summed E-state index contributed by atoms with van der Waals surface area (Å²) in [4.78, 5) is 10.5. The fourth-order valence-electron chi connectivity index (χ4n) is 1.59. The Balaban J connectivity index is 2.01. The monoisotopic (exact) mass is 295 g/mol. The van der Waals surface area contributed by atoms with Gasteiger partial charge in [0, 0.05) is 12.1 Å². The van der Waals surface area contributed by atoms with E-state index in [2.05, 4.69) is 10.3 Å². The van der Waals surface area contributed by atoms with Crippen molar-refractivity contribution >= 4 is 23.2 Å². The number of benzene rings is 1. The molecule has 0 bridgehead atoms. The third kappa shape index (κ3) is 3.69. The Labute approximate surface area is 120 Å². The highest BCUT2D eigenvalue weighted by Gasteiger charge is 2.07. The number of anilines is 1. The summed E-state index contributed by atoms with van der Waals surface area (Å²) < 4.78 is 6.60. The molecule has 0 saturated heterocycles. The molecule has 1 amide bonds. The van der Waals surface area contributed by atoms with Gasteiger partial charge in [-0.05, 0) is 18.2 Å². The third-order valence-corrected chi connectivity index (χ3v) is 2.82. The molecule has 0 radical (unpaired) electrons. The molecule has 1 heterocycles. The van der Waals surface area contributed by atoms with Crippen molar-refractivity contribution in [3.63, 3.8) is 0 Å². The Kier molecular flexibility index (Phi) is 4.54. The lowest BCUT2D eigenvalue weighted by Crippen LogP contribution is -2.18. The maximum atomic E-state index is 10.5. The largest absolute Gasteiger partial charge is 0.399 e. The molecule has 0 aliphatic rings. The van der Waals surface area contributed by atoms with Crippen LogP contribution in [0.2, 0.25) is 5.02 Å². The first-order valence-corrected chi connectivity index (χ1v) is 6.26. The Hall–Kier alpha value is -2.12. The molecule has 2 aromatic rings. The molecule has 1 aromatic heterocycles. The third-order valence-electron chi connectivity index (χ3n) is 2.50. The summed E-state index contributed by atoms with van der Waals surface area (Å²) in [5.41, 5.74) is 12.6. The van der Waals surface area contributed by atoms with Crippen LogP contribution in [0.4, 0.5) is 5.69 Å². The molecule has 0 saturated carbocycles. The summed E-state index contributed by atoms with van der Waals surface area (Å²) in [6.07, 6.45) is 2.25. The van der Waals surface area contributed by atoms with Gasteiger partial charge in [0.15, 0.2) is 0 Å². The zero-order valence-electron chi connectivity index (χ0n) is 10.6. The van der Waals surface area contributed by atoms with Gasteiger partial charge in [-0.2, -0.15) is 0 Å². The maximum Gasteiger partial charge on any atom is 0.243 e. The summed E-state index contributed by atoms with van der Waals surface area (Å²) in [5.74, 6) is -0.500. The molecule has 4 N–H and O–H groups in total. The summed E-state index contributed by atoms with van der Waals surface area (Å²) in [7, 11) is 0. The molecule has 106 valence electrons. The average Bonchev–Trinajstić information content (AvgIpc) is 2.86. The van der Waals surface area contributed by atoms with Crippen molar-refractivity contribution in [1.82, 2.24) is 15.0 Å². The normalized spacial score (nSPS) is 10.7. The molecule has 1 aromatic carbocycles. The first kappa shape index (κ1) is 14.3. The summed E-state index contributed by atoms with van der Waals surface area (Å²) in [6.45, 7) is 0.238. The number of hydrogen-bond acceptors (Lipinski definition) is 5. The number of amides is 1. The van der Waals surface area contributed by atoms with Crippen LogP contribution in [0.1, 0.15) is 5.69 Å². The van der Waals surface area contributed by atoms with Crippen LogP contribution in [0.5, 0.6) is 0 Å². The minimum atomic E-state index is -0.500. The smallest absolute Gasteiger partial charge is 0.243 e.